The maximum atomic E-state index is 12.2. The molecule has 0 fully saturated rings. The van der Waals surface area contributed by atoms with Gasteiger partial charge in [-0.2, -0.15) is 5.11 Å². The molecule has 2 unspecified atom stereocenters. The molecule has 0 saturated heterocycles. The van der Waals surface area contributed by atoms with Gasteiger partial charge < -0.3 is 15.5 Å². The van der Waals surface area contributed by atoms with Gasteiger partial charge in [0.1, 0.15) is 29.9 Å². The van der Waals surface area contributed by atoms with E-state index in [1.165, 1.54) is 0 Å². The first-order valence-corrected chi connectivity index (χ1v) is 13.7. The van der Waals surface area contributed by atoms with Crippen LogP contribution in [0.4, 0.5) is 0 Å². The molecular formula is C22H34N4O9S. The van der Waals surface area contributed by atoms with Crippen LogP contribution in [0.5, 0.6) is 0 Å². The highest BCUT2D eigenvalue weighted by atomic mass is 32.2. The largest absolute Gasteiger partial charge is 0.481 e. The van der Waals surface area contributed by atoms with Gasteiger partial charge in [-0.25, -0.2) is 13.2 Å². The van der Waals surface area contributed by atoms with Gasteiger partial charge in [0.25, 0.3) is 0 Å². The van der Waals surface area contributed by atoms with Gasteiger partial charge in [-0.1, -0.05) is 13.3 Å². The van der Waals surface area contributed by atoms with Crippen molar-refractivity contribution in [2.45, 2.75) is 77.2 Å². The van der Waals surface area contributed by atoms with E-state index in [-0.39, 0.29) is 50.7 Å². The molecule has 1 heterocycles. The number of amides is 1. The number of carboxylic acids is 2. The van der Waals surface area contributed by atoms with Crippen molar-refractivity contribution in [3.8, 4) is 0 Å². The molecule has 0 aromatic rings. The van der Waals surface area contributed by atoms with E-state index >= 15 is 0 Å². The molecule has 36 heavy (non-hydrogen) atoms. The summed E-state index contributed by atoms with van der Waals surface area (Å²) in [7, 11) is -3.70. The van der Waals surface area contributed by atoms with Crippen LogP contribution in [-0.2, 0) is 33.8 Å². The lowest BCUT2D eigenvalue weighted by molar-refractivity contribution is -0.145. The molecule has 0 radical (unpaired) electrons. The van der Waals surface area contributed by atoms with Crippen molar-refractivity contribution < 1.29 is 42.6 Å². The third kappa shape index (κ3) is 13.2. The summed E-state index contributed by atoms with van der Waals surface area (Å²) < 4.78 is 24.3. The average molecular weight is 531 g/mol. The van der Waals surface area contributed by atoms with Gasteiger partial charge in [-0.15, -0.1) is 5.10 Å². The van der Waals surface area contributed by atoms with Crippen LogP contribution in [0.1, 0.15) is 71.1 Å². The Morgan fingerprint density at radius 3 is 2.25 bits per heavy atom. The van der Waals surface area contributed by atoms with Crippen LogP contribution in [0.25, 0.3) is 0 Å². The molecular weight excluding hydrogens is 496 g/mol. The predicted octanol–water partition coefficient (Wildman–Crippen LogP) is 1.55. The molecule has 0 saturated carbocycles. The van der Waals surface area contributed by atoms with Crippen molar-refractivity contribution in [1.29, 1.82) is 0 Å². The van der Waals surface area contributed by atoms with Crippen LogP contribution in [-0.4, -0.2) is 77.8 Å². The van der Waals surface area contributed by atoms with Crippen molar-refractivity contribution in [3.63, 3.8) is 0 Å². The second-order valence-corrected chi connectivity index (χ2v) is 10.9. The van der Waals surface area contributed by atoms with Crippen molar-refractivity contribution in [2.75, 3.05) is 18.1 Å². The van der Waals surface area contributed by atoms with Gasteiger partial charge >= 0.3 is 11.9 Å². The molecule has 1 rings (SSSR count). The van der Waals surface area contributed by atoms with E-state index in [9.17, 15) is 37.5 Å². The van der Waals surface area contributed by atoms with Crippen LogP contribution in [0, 0.1) is 5.92 Å². The quantitative estimate of drug-likeness (QED) is 0.208. The first-order valence-electron chi connectivity index (χ1n) is 11.8. The molecule has 202 valence electrons. The number of nitrogens with zero attached hydrogens (tertiary/aromatic N) is 3. The number of hydrogen-bond acceptors (Lipinski definition) is 10. The summed E-state index contributed by atoms with van der Waals surface area (Å²) in [6.07, 6.45) is 0.804. The highest BCUT2D eigenvalue weighted by molar-refractivity contribution is 7.92. The van der Waals surface area contributed by atoms with Crippen LogP contribution in [0.3, 0.4) is 0 Å². The minimum atomic E-state index is -3.70. The monoisotopic (exact) mass is 530 g/mol. The lowest BCUT2D eigenvalue weighted by Gasteiger charge is -2.15. The Kier molecular flexibility index (Phi) is 13.7. The molecule has 0 spiro atoms. The summed E-state index contributed by atoms with van der Waals surface area (Å²) in [5, 5.41) is 31.7. The molecule has 0 aromatic heterocycles. The van der Waals surface area contributed by atoms with Gasteiger partial charge in [-0.05, 0) is 37.3 Å². The maximum absolute atomic E-state index is 12.2. The number of Topliss-reactive ketones (excluding diaryl/α,β-unsaturated/α-hetero) is 2. The molecule has 14 heteroatoms. The lowest BCUT2D eigenvalue weighted by Crippen LogP contribution is -2.40. The van der Waals surface area contributed by atoms with Gasteiger partial charge in [-0.3, -0.25) is 19.2 Å². The molecule has 2 atom stereocenters. The minimum absolute atomic E-state index is 0.0433. The van der Waals surface area contributed by atoms with Crippen LogP contribution < -0.4 is 5.32 Å². The Morgan fingerprint density at radius 1 is 0.972 bits per heavy atom. The smallest absolute Gasteiger partial charge is 0.326 e. The fraction of sp³-hybridized carbons (Fsp3) is 0.727. The summed E-state index contributed by atoms with van der Waals surface area (Å²) >= 11 is 0. The van der Waals surface area contributed by atoms with E-state index in [2.05, 4.69) is 20.8 Å². The predicted molar refractivity (Wildman–Crippen MR) is 128 cm³/mol. The second-order valence-electron chi connectivity index (χ2n) is 8.71. The number of carbonyl (C=O) groups excluding carboxylic acids is 3. The van der Waals surface area contributed by atoms with Gasteiger partial charge in [0.05, 0.1) is 17.4 Å². The average Bonchev–Trinajstić information content (AvgIpc) is 3.29. The summed E-state index contributed by atoms with van der Waals surface area (Å²) in [5.74, 6) is -6.11. The number of rotatable bonds is 20. The molecule has 3 N–H and O–H groups in total. The molecule has 1 amide bonds. The topological polar surface area (TPSA) is 209 Å². The highest BCUT2D eigenvalue weighted by Gasteiger charge is 2.25. The van der Waals surface area contributed by atoms with Crippen LogP contribution in [0.2, 0.25) is 0 Å². The Hall–Kier alpha value is -3.03. The summed E-state index contributed by atoms with van der Waals surface area (Å²) in [4.78, 5) is 58.7. The van der Waals surface area contributed by atoms with Crippen molar-refractivity contribution in [1.82, 2.24) is 5.32 Å². The minimum Gasteiger partial charge on any atom is -0.481 e. The zero-order chi connectivity index (χ0) is 27.1. The van der Waals surface area contributed by atoms with E-state index < -0.39 is 57.0 Å². The van der Waals surface area contributed by atoms with Crippen LogP contribution in [0.15, 0.2) is 15.4 Å². The van der Waals surface area contributed by atoms with Crippen molar-refractivity contribution in [2.24, 2.45) is 21.4 Å². The van der Waals surface area contributed by atoms with E-state index in [4.69, 9.17) is 5.11 Å². The Morgan fingerprint density at radius 2 is 1.67 bits per heavy atom. The molecule has 1 aliphatic rings. The van der Waals surface area contributed by atoms with E-state index in [1.54, 1.807) is 6.92 Å². The molecule has 0 bridgehead atoms. The molecule has 1 aliphatic heterocycles. The number of carbonyl (C=O) groups is 5. The number of carboxylic acid groups (broad SMARTS) is 2. The fourth-order valence-electron chi connectivity index (χ4n) is 3.54. The van der Waals surface area contributed by atoms with Crippen LogP contribution >= 0.6 is 0 Å². The first kappa shape index (κ1) is 31.0. The lowest BCUT2D eigenvalue weighted by atomic mass is 9.95. The van der Waals surface area contributed by atoms with Gasteiger partial charge in [0.2, 0.25) is 5.91 Å². The molecule has 0 aromatic carbocycles. The van der Waals surface area contributed by atoms with Gasteiger partial charge in [0.15, 0.2) is 9.84 Å². The molecule has 13 nitrogen and oxygen atoms in total. The summed E-state index contributed by atoms with van der Waals surface area (Å²) in [5.41, 5.74) is 0.741. The first-order chi connectivity index (χ1) is 16.9. The summed E-state index contributed by atoms with van der Waals surface area (Å²) in [6.45, 7) is 2.15. The Bertz CT molecular complexity index is 976. The number of hydrogen-bond donors (Lipinski definition) is 3. The Labute approximate surface area is 209 Å². The van der Waals surface area contributed by atoms with E-state index in [1.807, 2.05) is 0 Å². The number of sulfone groups is 1. The zero-order valence-corrected chi connectivity index (χ0v) is 21.2. The zero-order valence-electron chi connectivity index (χ0n) is 20.3. The second kappa shape index (κ2) is 15.9. The number of ketones is 2. The highest BCUT2D eigenvalue weighted by Crippen LogP contribution is 2.15. The third-order valence-corrected chi connectivity index (χ3v) is 7.14. The standard InChI is InChI=1S/C22H34N4O9S/c1-2-5-19(22(32)33)24-20(29)10-9-15(21(30)31)12-17(27)8-4-11-36(34,35)14-18(28)7-3-6-16-13-23-26-25-16/h15,19H,2-14H2,1H3,(H,24,29)(H,30,31)(H,32,33). The molecule has 0 aliphatic carbocycles. The normalized spacial score (nSPS) is 14.6. The number of aliphatic carboxylic acids is 2. The van der Waals surface area contributed by atoms with Gasteiger partial charge in [0, 0.05) is 25.7 Å². The van der Waals surface area contributed by atoms with Crippen molar-refractivity contribution >= 4 is 45.0 Å². The maximum Gasteiger partial charge on any atom is 0.326 e. The van der Waals surface area contributed by atoms with E-state index in [0.717, 1.165) is 5.71 Å². The fourth-order valence-corrected chi connectivity index (χ4v) is 4.91. The summed E-state index contributed by atoms with van der Waals surface area (Å²) in [6, 6.07) is -1.06. The number of nitrogens with one attached hydrogen (secondary N) is 1. The SMILES string of the molecule is CCCC(NC(=O)CCC(CC(=O)CCCS(=O)(=O)CC(=O)CCCC1=NN=NC1)C(=O)O)C(=O)O. The van der Waals surface area contributed by atoms with Crippen molar-refractivity contribution in [3.05, 3.63) is 0 Å². The van der Waals surface area contributed by atoms with E-state index in [0.29, 0.717) is 25.8 Å². The Balaban J connectivity index is 2.36. The third-order valence-electron chi connectivity index (χ3n) is 5.47.